The molecule has 1 aromatic carbocycles. The molecule has 0 amide bonds. The Balaban J connectivity index is 2.01. The minimum absolute atomic E-state index is 0.692. The van der Waals surface area contributed by atoms with Gasteiger partial charge in [0.1, 0.15) is 5.75 Å². The van der Waals surface area contributed by atoms with Crippen molar-refractivity contribution in [3.63, 3.8) is 0 Å². The van der Waals surface area contributed by atoms with Crippen LogP contribution in [0, 0.1) is 0 Å². The molecular formula is C12H15NO. The molecule has 1 aliphatic heterocycles. The zero-order valence-electron chi connectivity index (χ0n) is 8.42. The van der Waals surface area contributed by atoms with Gasteiger partial charge in [-0.1, -0.05) is 6.07 Å². The topological polar surface area (TPSA) is 21.3 Å². The van der Waals surface area contributed by atoms with E-state index >= 15 is 0 Å². The van der Waals surface area contributed by atoms with Gasteiger partial charge in [0.25, 0.3) is 0 Å². The summed E-state index contributed by atoms with van der Waals surface area (Å²) in [6, 6.07) is 7.21. The third kappa shape index (κ3) is 1.07. The Morgan fingerprint density at radius 1 is 1.43 bits per heavy atom. The van der Waals surface area contributed by atoms with Crippen LogP contribution in [0.3, 0.4) is 0 Å². The Morgan fingerprint density at radius 3 is 3.21 bits per heavy atom. The van der Waals surface area contributed by atoms with Crippen LogP contribution in [0.4, 0.5) is 0 Å². The van der Waals surface area contributed by atoms with Crippen molar-refractivity contribution in [2.45, 2.75) is 24.8 Å². The molecule has 2 atom stereocenters. The van der Waals surface area contributed by atoms with Gasteiger partial charge in [-0.2, -0.15) is 0 Å². The maximum Gasteiger partial charge on any atom is 0.119 e. The first kappa shape index (κ1) is 8.30. The van der Waals surface area contributed by atoms with Crippen molar-refractivity contribution in [3.05, 3.63) is 29.3 Å². The summed E-state index contributed by atoms with van der Waals surface area (Å²) in [6.45, 7) is 1.18. The molecule has 0 aromatic heterocycles. The molecule has 74 valence electrons. The van der Waals surface area contributed by atoms with Crippen molar-refractivity contribution < 1.29 is 4.74 Å². The van der Waals surface area contributed by atoms with Gasteiger partial charge in [-0.15, -0.1) is 0 Å². The van der Waals surface area contributed by atoms with Gasteiger partial charge < -0.3 is 10.1 Å². The van der Waals surface area contributed by atoms with E-state index < -0.39 is 0 Å². The fraction of sp³-hybridized carbons (Fsp3) is 0.500. The van der Waals surface area contributed by atoms with Crippen LogP contribution in [-0.2, 0) is 6.42 Å². The van der Waals surface area contributed by atoms with Crippen molar-refractivity contribution in [3.8, 4) is 5.75 Å². The van der Waals surface area contributed by atoms with Crippen molar-refractivity contribution in [1.82, 2.24) is 5.32 Å². The number of benzene rings is 1. The maximum atomic E-state index is 5.24. The van der Waals surface area contributed by atoms with Crippen LogP contribution in [-0.4, -0.2) is 19.7 Å². The van der Waals surface area contributed by atoms with E-state index in [1.54, 1.807) is 12.7 Å². The summed E-state index contributed by atoms with van der Waals surface area (Å²) in [5.74, 6) is 1.75. The molecule has 2 aliphatic rings. The second-order valence-corrected chi connectivity index (χ2v) is 4.22. The number of rotatable bonds is 1. The zero-order chi connectivity index (χ0) is 9.54. The molecular weight excluding hydrogens is 174 g/mol. The highest BCUT2D eigenvalue weighted by atomic mass is 16.5. The Kier molecular flexibility index (Phi) is 1.77. The summed E-state index contributed by atoms with van der Waals surface area (Å²) in [6.07, 6.45) is 2.47. The molecule has 0 saturated carbocycles. The average Bonchev–Trinajstić information content (AvgIpc) is 2.75. The Hall–Kier alpha value is -1.02. The smallest absolute Gasteiger partial charge is 0.119 e. The lowest BCUT2D eigenvalue weighted by molar-refractivity contribution is 0.414. The van der Waals surface area contributed by atoms with E-state index in [1.165, 1.54) is 24.9 Å². The van der Waals surface area contributed by atoms with E-state index in [0.29, 0.717) is 6.04 Å². The largest absolute Gasteiger partial charge is 0.497 e. The highest BCUT2D eigenvalue weighted by Crippen LogP contribution is 2.39. The Bertz CT molecular complexity index is 361. The predicted molar refractivity (Wildman–Crippen MR) is 55.8 cm³/mol. The fourth-order valence-corrected chi connectivity index (χ4v) is 2.84. The van der Waals surface area contributed by atoms with Crippen LogP contribution in [0.15, 0.2) is 18.2 Å². The second-order valence-electron chi connectivity index (χ2n) is 4.22. The van der Waals surface area contributed by atoms with Crippen LogP contribution >= 0.6 is 0 Å². The molecule has 2 heteroatoms. The summed E-state index contributed by atoms with van der Waals surface area (Å²) in [5.41, 5.74) is 3.02. The molecule has 0 spiro atoms. The summed E-state index contributed by atoms with van der Waals surface area (Å²) < 4.78 is 5.24. The zero-order valence-corrected chi connectivity index (χ0v) is 8.42. The minimum Gasteiger partial charge on any atom is -0.497 e. The molecule has 2 unspecified atom stereocenters. The standard InChI is InChI=1S/C12H15NO/c1-14-9-2-3-10-8(6-9)7-12-11(10)4-5-13-12/h2-3,6,11-13H,4-5,7H2,1H3. The molecule has 1 aromatic rings. The normalized spacial score (nSPS) is 28.6. The molecule has 1 fully saturated rings. The summed E-state index contributed by atoms with van der Waals surface area (Å²) in [4.78, 5) is 0. The van der Waals surface area contributed by atoms with Gasteiger partial charge in [-0.25, -0.2) is 0 Å². The number of ether oxygens (including phenoxy) is 1. The van der Waals surface area contributed by atoms with Gasteiger partial charge in [-0.3, -0.25) is 0 Å². The highest BCUT2D eigenvalue weighted by molar-refractivity contribution is 5.43. The molecule has 3 rings (SSSR count). The van der Waals surface area contributed by atoms with Crippen molar-refractivity contribution in [2.24, 2.45) is 0 Å². The van der Waals surface area contributed by atoms with Crippen molar-refractivity contribution in [1.29, 1.82) is 0 Å². The molecule has 14 heavy (non-hydrogen) atoms. The number of hydrogen-bond donors (Lipinski definition) is 1. The number of methoxy groups -OCH3 is 1. The molecule has 1 N–H and O–H groups in total. The molecule has 1 saturated heterocycles. The van der Waals surface area contributed by atoms with Crippen LogP contribution in [0.25, 0.3) is 0 Å². The van der Waals surface area contributed by atoms with E-state index in [0.717, 1.165) is 11.7 Å². The first-order chi connectivity index (χ1) is 6.88. The Labute approximate surface area is 84.3 Å². The molecule has 0 radical (unpaired) electrons. The fourth-order valence-electron chi connectivity index (χ4n) is 2.84. The molecule has 1 heterocycles. The van der Waals surface area contributed by atoms with E-state index in [9.17, 15) is 0 Å². The lowest BCUT2D eigenvalue weighted by Gasteiger charge is -2.08. The van der Waals surface area contributed by atoms with Gasteiger partial charge in [0, 0.05) is 12.0 Å². The van der Waals surface area contributed by atoms with Gasteiger partial charge in [0.15, 0.2) is 0 Å². The van der Waals surface area contributed by atoms with E-state index in [-0.39, 0.29) is 0 Å². The number of fused-ring (bicyclic) bond motifs is 3. The van der Waals surface area contributed by atoms with E-state index in [1.807, 2.05) is 0 Å². The van der Waals surface area contributed by atoms with Crippen LogP contribution < -0.4 is 10.1 Å². The highest BCUT2D eigenvalue weighted by Gasteiger charge is 2.35. The number of nitrogens with one attached hydrogen (secondary N) is 1. The first-order valence-corrected chi connectivity index (χ1v) is 5.28. The van der Waals surface area contributed by atoms with E-state index in [2.05, 4.69) is 23.5 Å². The average molecular weight is 189 g/mol. The summed E-state index contributed by atoms with van der Waals surface area (Å²) in [5, 5.41) is 3.56. The minimum atomic E-state index is 0.692. The third-order valence-electron chi connectivity index (χ3n) is 3.54. The van der Waals surface area contributed by atoms with Crippen LogP contribution in [0.5, 0.6) is 5.75 Å². The second kappa shape index (κ2) is 2.99. The van der Waals surface area contributed by atoms with Crippen LogP contribution in [0.2, 0.25) is 0 Å². The van der Waals surface area contributed by atoms with Crippen molar-refractivity contribution in [2.75, 3.05) is 13.7 Å². The lowest BCUT2D eigenvalue weighted by Crippen LogP contribution is -2.23. The van der Waals surface area contributed by atoms with E-state index in [4.69, 9.17) is 4.74 Å². The molecule has 2 nitrogen and oxygen atoms in total. The Morgan fingerprint density at radius 2 is 2.36 bits per heavy atom. The monoisotopic (exact) mass is 189 g/mol. The van der Waals surface area contributed by atoms with Crippen molar-refractivity contribution >= 4 is 0 Å². The SMILES string of the molecule is COc1ccc2c(c1)CC1NCCC21. The van der Waals surface area contributed by atoms with Gasteiger partial charge in [0.2, 0.25) is 0 Å². The third-order valence-corrected chi connectivity index (χ3v) is 3.54. The maximum absolute atomic E-state index is 5.24. The summed E-state index contributed by atoms with van der Waals surface area (Å²) in [7, 11) is 1.73. The van der Waals surface area contributed by atoms with Crippen LogP contribution in [0.1, 0.15) is 23.5 Å². The first-order valence-electron chi connectivity index (χ1n) is 5.28. The predicted octanol–water partition coefficient (Wildman–Crippen LogP) is 1.70. The van der Waals surface area contributed by atoms with Gasteiger partial charge in [-0.05, 0) is 42.6 Å². The van der Waals surface area contributed by atoms with Gasteiger partial charge >= 0.3 is 0 Å². The molecule has 0 bridgehead atoms. The summed E-state index contributed by atoms with van der Waals surface area (Å²) >= 11 is 0. The number of hydrogen-bond acceptors (Lipinski definition) is 2. The quantitative estimate of drug-likeness (QED) is 0.726. The molecule has 1 aliphatic carbocycles. The van der Waals surface area contributed by atoms with Gasteiger partial charge in [0.05, 0.1) is 7.11 Å². The lowest BCUT2D eigenvalue weighted by atomic mass is 9.98.